The van der Waals surface area contributed by atoms with Gasteiger partial charge in [0.15, 0.2) is 0 Å². The van der Waals surface area contributed by atoms with Crippen LogP contribution in [-0.4, -0.2) is 84.3 Å². The van der Waals surface area contributed by atoms with Crippen LogP contribution in [0, 0.1) is 0 Å². The summed E-state index contributed by atoms with van der Waals surface area (Å²) in [4.78, 5) is 4.64. The molecule has 0 bridgehead atoms. The summed E-state index contributed by atoms with van der Waals surface area (Å²) in [5, 5.41) is 20.0. The molecule has 2 heterocycles. The number of ether oxygens (including phenoxy) is 2. The molecule has 0 unspecified atom stereocenters. The van der Waals surface area contributed by atoms with E-state index in [2.05, 4.69) is 15.9 Å². The Morgan fingerprint density at radius 1 is 1.12 bits per heavy atom. The molecule has 2 aliphatic rings. The van der Waals surface area contributed by atoms with Gasteiger partial charge in [-0.15, -0.1) is 0 Å². The van der Waals surface area contributed by atoms with Crippen LogP contribution >= 0.6 is 0 Å². The van der Waals surface area contributed by atoms with E-state index in [1.807, 2.05) is 25.1 Å². The van der Waals surface area contributed by atoms with E-state index < -0.39 is 12.2 Å². The topological polar surface area (TPSA) is 65.4 Å². The summed E-state index contributed by atoms with van der Waals surface area (Å²) in [5.74, 6) is 0.960. The maximum Gasteiger partial charge on any atom is 0.123 e. The molecule has 2 N–H and O–H groups in total. The minimum absolute atomic E-state index is 0.105. The van der Waals surface area contributed by atoms with Crippen molar-refractivity contribution in [2.24, 2.45) is 0 Å². The van der Waals surface area contributed by atoms with Crippen LogP contribution in [0.2, 0.25) is 0 Å². The minimum Gasteiger partial charge on any atom is -0.494 e. The third kappa shape index (κ3) is 4.07. The molecule has 2 saturated heterocycles. The summed E-state index contributed by atoms with van der Waals surface area (Å²) in [7, 11) is 0. The number of aliphatic hydroxyl groups is 2. The van der Waals surface area contributed by atoms with Crippen LogP contribution in [0.1, 0.15) is 12.5 Å². The second-order valence-electron chi connectivity index (χ2n) is 6.52. The van der Waals surface area contributed by atoms with Crippen LogP contribution in [0.4, 0.5) is 0 Å². The van der Waals surface area contributed by atoms with Crippen molar-refractivity contribution in [2.45, 2.75) is 31.7 Å². The van der Waals surface area contributed by atoms with Crippen LogP contribution < -0.4 is 4.74 Å². The number of nitrogens with zero attached hydrogens (tertiary/aromatic N) is 2. The molecule has 3 rings (SSSR count). The molecule has 2 aliphatic heterocycles. The van der Waals surface area contributed by atoms with E-state index in [0.717, 1.165) is 38.5 Å². The number of para-hydroxylation sites is 1. The average molecular weight is 336 g/mol. The maximum atomic E-state index is 10.2. The third-order valence-corrected chi connectivity index (χ3v) is 4.91. The molecule has 2 fully saturated rings. The third-order valence-electron chi connectivity index (χ3n) is 4.91. The Kier molecular flexibility index (Phi) is 6.08. The first-order chi connectivity index (χ1) is 11.7. The predicted octanol–water partition coefficient (Wildman–Crippen LogP) is 0.324. The summed E-state index contributed by atoms with van der Waals surface area (Å²) < 4.78 is 11.1. The molecular formula is C18H28N2O4. The second kappa shape index (κ2) is 8.27. The molecule has 0 amide bonds. The molecular weight excluding hydrogens is 308 g/mol. The van der Waals surface area contributed by atoms with Crippen molar-refractivity contribution in [1.29, 1.82) is 0 Å². The van der Waals surface area contributed by atoms with Crippen molar-refractivity contribution < 1.29 is 19.7 Å². The summed E-state index contributed by atoms with van der Waals surface area (Å²) >= 11 is 0. The minimum atomic E-state index is -0.778. The zero-order chi connectivity index (χ0) is 16.9. The van der Waals surface area contributed by atoms with Crippen molar-refractivity contribution >= 4 is 0 Å². The van der Waals surface area contributed by atoms with Gasteiger partial charge in [0.05, 0.1) is 32.0 Å². The van der Waals surface area contributed by atoms with E-state index in [-0.39, 0.29) is 12.6 Å². The molecule has 0 aliphatic carbocycles. The fourth-order valence-electron chi connectivity index (χ4n) is 3.51. The highest BCUT2D eigenvalue weighted by molar-refractivity contribution is 5.33. The van der Waals surface area contributed by atoms with Crippen molar-refractivity contribution in [1.82, 2.24) is 9.80 Å². The zero-order valence-electron chi connectivity index (χ0n) is 14.3. The van der Waals surface area contributed by atoms with Gasteiger partial charge in [-0.05, 0) is 13.0 Å². The smallest absolute Gasteiger partial charge is 0.123 e. The van der Waals surface area contributed by atoms with Crippen molar-refractivity contribution in [2.75, 3.05) is 46.0 Å². The molecule has 6 nitrogen and oxygen atoms in total. The van der Waals surface area contributed by atoms with Gasteiger partial charge in [-0.1, -0.05) is 18.2 Å². The summed E-state index contributed by atoms with van der Waals surface area (Å²) in [6, 6.07) is 8.08. The normalized spacial score (nSPS) is 29.5. The molecule has 0 saturated carbocycles. The Bertz CT molecular complexity index is 519. The standard InChI is InChI=1S/C18H28N2O4/c1-2-24-17-6-4-3-5-14(17)11-19-7-9-20(10-8-19)15-12-23-13-16(21)18(15)22/h3-6,15-16,18,21-22H,2,7-13H2,1H3/t15-,16-,18+/m1/s1. The number of hydrogen-bond donors (Lipinski definition) is 2. The molecule has 1 aromatic carbocycles. The van der Waals surface area contributed by atoms with Crippen LogP contribution in [0.15, 0.2) is 24.3 Å². The molecule has 134 valence electrons. The molecule has 0 aromatic heterocycles. The van der Waals surface area contributed by atoms with E-state index in [1.54, 1.807) is 0 Å². The van der Waals surface area contributed by atoms with Crippen LogP contribution in [0.25, 0.3) is 0 Å². The monoisotopic (exact) mass is 336 g/mol. The Balaban J connectivity index is 1.54. The maximum absolute atomic E-state index is 10.2. The highest BCUT2D eigenvalue weighted by Gasteiger charge is 2.36. The van der Waals surface area contributed by atoms with E-state index in [4.69, 9.17) is 9.47 Å². The van der Waals surface area contributed by atoms with Crippen molar-refractivity contribution in [3.63, 3.8) is 0 Å². The van der Waals surface area contributed by atoms with Gasteiger partial charge in [0.2, 0.25) is 0 Å². The Hall–Kier alpha value is -1.18. The lowest BCUT2D eigenvalue weighted by atomic mass is 10.0. The van der Waals surface area contributed by atoms with Gasteiger partial charge in [-0.25, -0.2) is 0 Å². The Morgan fingerprint density at radius 2 is 1.88 bits per heavy atom. The predicted molar refractivity (Wildman–Crippen MR) is 91.1 cm³/mol. The summed E-state index contributed by atoms with van der Waals surface area (Å²) in [6.07, 6.45) is -1.50. The molecule has 1 aromatic rings. The van der Waals surface area contributed by atoms with Crippen LogP contribution in [0.3, 0.4) is 0 Å². The van der Waals surface area contributed by atoms with E-state index >= 15 is 0 Å². The van der Waals surface area contributed by atoms with Gasteiger partial charge < -0.3 is 19.7 Å². The van der Waals surface area contributed by atoms with Gasteiger partial charge in [0.1, 0.15) is 11.9 Å². The van der Waals surface area contributed by atoms with E-state index in [0.29, 0.717) is 13.2 Å². The Morgan fingerprint density at radius 3 is 2.62 bits per heavy atom. The first kappa shape index (κ1) is 17.6. The second-order valence-corrected chi connectivity index (χ2v) is 6.52. The van der Waals surface area contributed by atoms with Crippen molar-refractivity contribution in [3.8, 4) is 5.75 Å². The number of benzene rings is 1. The molecule has 0 radical (unpaired) electrons. The van der Waals surface area contributed by atoms with Gasteiger partial charge in [0, 0.05) is 38.3 Å². The van der Waals surface area contributed by atoms with Crippen LogP contribution in [-0.2, 0) is 11.3 Å². The number of hydrogen-bond acceptors (Lipinski definition) is 6. The fourth-order valence-corrected chi connectivity index (χ4v) is 3.51. The van der Waals surface area contributed by atoms with Crippen molar-refractivity contribution in [3.05, 3.63) is 29.8 Å². The molecule has 24 heavy (non-hydrogen) atoms. The Labute approximate surface area is 143 Å². The lowest BCUT2D eigenvalue weighted by Gasteiger charge is -2.43. The highest BCUT2D eigenvalue weighted by atomic mass is 16.5. The molecule has 0 spiro atoms. The van der Waals surface area contributed by atoms with Gasteiger partial charge in [0.25, 0.3) is 0 Å². The quantitative estimate of drug-likeness (QED) is 0.808. The van der Waals surface area contributed by atoms with Gasteiger partial charge in [-0.3, -0.25) is 9.80 Å². The number of aliphatic hydroxyl groups excluding tert-OH is 2. The lowest BCUT2D eigenvalue weighted by molar-refractivity contribution is -0.137. The molecule has 3 atom stereocenters. The lowest BCUT2D eigenvalue weighted by Crippen LogP contribution is -2.60. The van der Waals surface area contributed by atoms with Gasteiger partial charge >= 0.3 is 0 Å². The van der Waals surface area contributed by atoms with E-state index in [1.165, 1.54) is 5.56 Å². The number of piperazine rings is 1. The largest absolute Gasteiger partial charge is 0.494 e. The fraction of sp³-hybridized carbons (Fsp3) is 0.667. The highest BCUT2D eigenvalue weighted by Crippen LogP contribution is 2.22. The first-order valence-corrected chi connectivity index (χ1v) is 8.80. The summed E-state index contributed by atoms with van der Waals surface area (Å²) in [5.41, 5.74) is 1.21. The summed E-state index contributed by atoms with van der Waals surface area (Å²) in [6.45, 7) is 7.87. The SMILES string of the molecule is CCOc1ccccc1CN1CCN([C@@H]2COC[C@@H](O)[C@H]2O)CC1. The van der Waals surface area contributed by atoms with Gasteiger partial charge in [-0.2, -0.15) is 0 Å². The zero-order valence-corrected chi connectivity index (χ0v) is 14.3. The average Bonchev–Trinajstić information content (AvgIpc) is 2.60. The number of rotatable bonds is 5. The van der Waals surface area contributed by atoms with E-state index in [9.17, 15) is 10.2 Å². The molecule has 6 heteroatoms. The van der Waals surface area contributed by atoms with Crippen LogP contribution in [0.5, 0.6) is 5.75 Å². The first-order valence-electron chi connectivity index (χ1n) is 8.80.